The van der Waals surface area contributed by atoms with Gasteiger partial charge in [0.25, 0.3) is 0 Å². The van der Waals surface area contributed by atoms with Crippen molar-refractivity contribution in [3.8, 4) is 11.3 Å². The number of benzene rings is 2. The van der Waals surface area contributed by atoms with Crippen LogP contribution in [0.1, 0.15) is 22.5 Å². The molecule has 130 valence electrons. The number of nitrogens with one attached hydrogen (secondary N) is 1. The number of aromatic amines is 1. The van der Waals surface area contributed by atoms with Crippen LogP contribution in [0.5, 0.6) is 0 Å². The Kier molecular flexibility index (Phi) is 3.72. The van der Waals surface area contributed by atoms with Crippen molar-refractivity contribution in [3.63, 3.8) is 0 Å². The lowest BCUT2D eigenvalue weighted by molar-refractivity contribution is 0.601. The van der Waals surface area contributed by atoms with Gasteiger partial charge >= 0.3 is 0 Å². The van der Waals surface area contributed by atoms with Gasteiger partial charge in [0.2, 0.25) is 0 Å². The molecule has 1 aliphatic carbocycles. The van der Waals surface area contributed by atoms with Gasteiger partial charge < -0.3 is 0 Å². The van der Waals surface area contributed by atoms with E-state index in [2.05, 4.69) is 76.9 Å². The summed E-state index contributed by atoms with van der Waals surface area (Å²) < 4.78 is 0. The lowest BCUT2D eigenvalue weighted by Gasteiger charge is -2.33. The molecule has 0 bridgehead atoms. The number of hydrogen-bond donors (Lipinski definition) is 1. The lowest BCUT2D eigenvalue weighted by Crippen LogP contribution is -2.31. The molecule has 1 N–H and O–H groups in total. The van der Waals surface area contributed by atoms with Gasteiger partial charge in [0.15, 0.2) is 0 Å². The average molecular weight is 349 g/mol. The number of H-pyrrole nitrogens is 1. The molecule has 2 aromatic carbocycles. The fourth-order valence-corrected chi connectivity index (χ4v) is 3.96. The standard InChI is InChI=1S/C24H19N3/c1-3-9-18(10-4-1)23-20-14-15-24(17-21(20)26-27-23,19-11-5-2-6-12-19)22-13-7-8-16-25-22/h1-16H,17H2,(H,26,27). The molecule has 0 saturated carbocycles. The Bertz CT molecular complexity index is 1040. The maximum absolute atomic E-state index is 4.70. The van der Waals surface area contributed by atoms with Crippen LogP contribution in [0.4, 0.5) is 0 Å². The molecule has 0 fully saturated rings. The monoisotopic (exact) mass is 349 g/mol. The summed E-state index contributed by atoms with van der Waals surface area (Å²) in [5.74, 6) is 0. The molecule has 0 aliphatic heterocycles. The maximum atomic E-state index is 4.70. The van der Waals surface area contributed by atoms with Crippen molar-refractivity contribution in [2.45, 2.75) is 11.8 Å². The number of fused-ring (bicyclic) bond motifs is 1. The van der Waals surface area contributed by atoms with Gasteiger partial charge in [-0.2, -0.15) is 5.10 Å². The Morgan fingerprint density at radius 1 is 0.815 bits per heavy atom. The van der Waals surface area contributed by atoms with Gasteiger partial charge in [-0.25, -0.2) is 0 Å². The summed E-state index contributed by atoms with van der Waals surface area (Å²) >= 11 is 0. The summed E-state index contributed by atoms with van der Waals surface area (Å²) in [6.45, 7) is 0. The van der Waals surface area contributed by atoms with Crippen molar-refractivity contribution in [2.75, 3.05) is 0 Å². The van der Waals surface area contributed by atoms with Crippen molar-refractivity contribution in [1.29, 1.82) is 0 Å². The minimum atomic E-state index is -0.296. The van der Waals surface area contributed by atoms with Gasteiger partial charge in [0.05, 0.1) is 16.8 Å². The molecule has 2 heterocycles. The predicted octanol–water partition coefficient (Wildman–Crippen LogP) is 5.03. The number of pyridine rings is 1. The summed E-state index contributed by atoms with van der Waals surface area (Å²) in [5.41, 5.74) is 6.44. The summed E-state index contributed by atoms with van der Waals surface area (Å²) in [4.78, 5) is 4.70. The minimum absolute atomic E-state index is 0.296. The van der Waals surface area contributed by atoms with Gasteiger partial charge in [-0.3, -0.25) is 10.1 Å². The van der Waals surface area contributed by atoms with Crippen LogP contribution in [-0.2, 0) is 11.8 Å². The molecule has 0 saturated heterocycles. The Labute approximate surface area is 158 Å². The summed E-state index contributed by atoms with van der Waals surface area (Å²) in [5, 5.41) is 7.91. The zero-order chi connectivity index (χ0) is 18.1. The first-order chi connectivity index (χ1) is 13.4. The third-order valence-electron chi connectivity index (χ3n) is 5.33. The van der Waals surface area contributed by atoms with Crippen molar-refractivity contribution in [3.05, 3.63) is 114 Å². The first-order valence-corrected chi connectivity index (χ1v) is 9.16. The van der Waals surface area contributed by atoms with Crippen LogP contribution in [0.2, 0.25) is 0 Å². The number of aromatic nitrogens is 3. The molecule has 0 spiro atoms. The van der Waals surface area contributed by atoms with E-state index >= 15 is 0 Å². The third-order valence-corrected chi connectivity index (χ3v) is 5.33. The van der Waals surface area contributed by atoms with Gasteiger partial charge in [0, 0.05) is 29.4 Å². The molecular weight excluding hydrogens is 330 g/mol. The zero-order valence-electron chi connectivity index (χ0n) is 14.8. The van der Waals surface area contributed by atoms with Crippen molar-refractivity contribution >= 4 is 6.08 Å². The van der Waals surface area contributed by atoms with Crippen LogP contribution in [-0.4, -0.2) is 15.2 Å². The van der Waals surface area contributed by atoms with Gasteiger partial charge in [-0.1, -0.05) is 78.9 Å². The van der Waals surface area contributed by atoms with Crippen LogP contribution in [0.3, 0.4) is 0 Å². The van der Waals surface area contributed by atoms with Crippen molar-refractivity contribution < 1.29 is 0 Å². The molecule has 5 rings (SSSR count). The molecular formula is C24H19N3. The van der Waals surface area contributed by atoms with Crippen LogP contribution < -0.4 is 0 Å². The van der Waals surface area contributed by atoms with Crippen LogP contribution in [0.25, 0.3) is 17.3 Å². The Morgan fingerprint density at radius 3 is 2.30 bits per heavy atom. The van der Waals surface area contributed by atoms with E-state index in [1.807, 2.05) is 30.5 Å². The second-order valence-corrected chi connectivity index (χ2v) is 6.89. The largest absolute Gasteiger partial charge is 0.281 e. The number of allylic oxidation sites excluding steroid dienone is 1. The van der Waals surface area contributed by atoms with Gasteiger partial charge in [-0.15, -0.1) is 0 Å². The molecule has 2 aromatic heterocycles. The molecule has 27 heavy (non-hydrogen) atoms. The molecule has 0 radical (unpaired) electrons. The van der Waals surface area contributed by atoms with Gasteiger partial charge in [-0.05, 0) is 17.7 Å². The first-order valence-electron chi connectivity index (χ1n) is 9.16. The Morgan fingerprint density at radius 2 is 1.56 bits per heavy atom. The zero-order valence-corrected chi connectivity index (χ0v) is 14.8. The average Bonchev–Trinajstić information content (AvgIpc) is 3.18. The first kappa shape index (κ1) is 15.8. The van der Waals surface area contributed by atoms with Crippen LogP contribution in [0, 0.1) is 0 Å². The van der Waals surface area contributed by atoms with E-state index in [4.69, 9.17) is 4.98 Å². The highest BCUT2D eigenvalue weighted by Gasteiger charge is 2.37. The highest BCUT2D eigenvalue weighted by Crippen LogP contribution is 2.42. The van der Waals surface area contributed by atoms with Crippen LogP contribution >= 0.6 is 0 Å². The normalized spacial score (nSPS) is 18.2. The predicted molar refractivity (Wildman–Crippen MR) is 108 cm³/mol. The third kappa shape index (κ3) is 2.59. The molecule has 1 unspecified atom stereocenters. The molecule has 4 aromatic rings. The van der Waals surface area contributed by atoms with Crippen LogP contribution in [0.15, 0.2) is 91.1 Å². The van der Waals surface area contributed by atoms with E-state index in [1.165, 1.54) is 11.1 Å². The molecule has 1 atom stereocenters. The van der Waals surface area contributed by atoms with E-state index in [0.717, 1.165) is 29.1 Å². The van der Waals surface area contributed by atoms with E-state index in [9.17, 15) is 0 Å². The van der Waals surface area contributed by atoms with E-state index in [-0.39, 0.29) is 5.41 Å². The minimum Gasteiger partial charge on any atom is -0.281 e. The highest BCUT2D eigenvalue weighted by atomic mass is 15.1. The SMILES string of the molecule is C1=CC(c2ccccc2)(c2ccccn2)Cc2[nH]nc(-c3ccccc3)c21. The summed E-state index contributed by atoms with van der Waals surface area (Å²) in [6.07, 6.45) is 7.16. The fraction of sp³-hybridized carbons (Fsp3) is 0.0833. The summed E-state index contributed by atoms with van der Waals surface area (Å²) in [7, 11) is 0. The topological polar surface area (TPSA) is 41.6 Å². The quantitative estimate of drug-likeness (QED) is 0.564. The molecule has 0 amide bonds. The summed E-state index contributed by atoms with van der Waals surface area (Å²) in [6, 6.07) is 27.0. The Hall–Kier alpha value is -3.46. The van der Waals surface area contributed by atoms with E-state index in [1.54, 1.807) is 0 Å². The van der Waals surface area contributed by atoms with Crippen molar-refractivity contribution in [2.24, 2.45) is 0 Å². The number of rotatable bonds is 3. The second kappa shape index (κ2) is 6.36. The maximum Gasteiger partial charge on any atom is 0.0995 e. The smallest absolute Gasteiger partial charge is 0.0995 e. The van der Waals surface area contributed by atoms with E-state index < -0.39 is 0 Å². The number of nitrogens with zero attached hydrogens (tertiary/aromatic N) is 2. The fourth-order valence-electron chi connectivity index (χ4n) is 3.96. The van der Waals surface area contributed by atoms with E-state index in [0.29, 0.717) is 0 Å². The van der Waals surface area contributed by atoms with Gasteiger partial charge in [0.1, 0.15) is 0 Å². The lowest BCUT2D eigenvalue weighted by atomic mass is 9.70. The van der Waals surface area contributed by atoms with Crippen molar-refractivity contribution in [1.82, 2.24) is 15.2 Å². The molecule has 3 nitrogen and oxygen atoms in total. The molecule has 1 aliphatic rings. The second-order valence-electron chi connectivity index (χ2n) is 6.89. The molecule has 3 heteroatoms. The highest BCUT2D eigenvalue weighted by molar-refractivity contribution is 5.76. The number of hydrogen-bond acceptors (Lipinski definition) is 2. The Balaban J connectivity index is 1.66.